The molecule has 0 aliphatic rings. The molecule has 0 aliphatic heterocycles. The molecule has 1 N–H and O–H groups in total. The number of hydrogen-bond acceptors (Lipinski definition) is 6. The third-order valence-electron chi connectivity index (χ3n) is 4.10. The molecular formula is C21H18N2O5S. The van der Waals surface area contributed by atoms with Crippen molar-refractivity contribution in [2.45, 2.75) is 17.9 Å². The molecule has 148 valence electrons. The van der Waals surface area contributed by atoms with E-state index in [2.05, 4.69) is 5.32 Å². The van der Waals surface area contributed by atoms with Crippen LogP contribution in [0.5, 0.6) is 0 Å². The Kier molecular flexibility index (Phi) is 6.46. The van der Waals surface area contributed by atoms with Gasteiger partial charge in [-0.05, 0) is 35.9 Å². The van der Waals surface area contributed by atoms with Gasteiger partial charge in [0.05, 0.1) is 15.6 Å². The Balaban J connectivity index is 1.55. The van der Waals surface area contributed by atoms with E-state index in [1.165, 1.54) is 13.0 Å². The fourth-order valence-electron chi connectivity index (χ4n) is 2.66. The van der Waals surface area contributed by atoms with E-state index in [4.69, 9.17) is 4.74 Å². The summed E-state index contributed by atoms with van der Waals surface area (Å²) in [5.41, 5.74) is 0.526. The highest BCUT2D eigenvalue weighted by atomic mass is 32.2. The monoisotopic (exact) mass is 410 g/mol. The molecule has 0 radical (unpaired) electrons. The molecule has 1 atom stereocenters. The Bertz CT molecular complexity index is 1070. The Morgan fingerprint density at radius 2 is 1.76 bits per heavy atom. The molecular weight excluding hydrogens is 392 g/mol. The maximum Gasteiger partial charge on any atom is 0.317 e. The summed E-state index contributed by atoms with van der Waals surface area (Å²) in [7, 11) is 0. The smallest absolute Gasteiger partial charge is 0.317 e. The van der Waals surface area contributed by atoms with Gasteiger partial charge in [0.15, 0.2) is 6.10 Å². The first kappa shape index (κ1) is 20.3. The Hall–Kier alpha value is -3.39. The summed E-state index contributed by atoms with van der Waals surface area (Å²) in [6.07, 6.45) is -1.000. The van der Waals surface area contributed by atoms with Crippen LogP contribution in [0.1, 0.15) is 6.92 Å². The fraction of sp³-hybridized carbons (Fsp3) is 0.143. The predicted octanol–water partition coefficient (Wildman–Crippen LogP) is 4.41. The third kappa shape index (κ3) is 5.32. The second kappa shape index (κ2) is 9.20. The molecule has 3 aromatic carbocycles. The number of esters is 1. The number of ether oxygens (including phenoxy) is 1. The number of nitrogens with zero attached hydrogens (tertiary/aromatic N) is 1. The number of rotatable bonds is 7. The first-order chi connectivity index (χ1) is 13.9. The Morgan fingerprint density at radius 3 is 2.52 bits per heavy atom. The van der Waals surface area contributed by atoms with Crippen LogP contribution in [-0.2, 0) is 14.3 Å². The number of nitrogens with one attached hydrogen (secondary N) is 1. The molecule has 0 fully saturated rings. The number of para-hydroxylation sites is 1. The number of carbonyl (C=O) groups excluding carboxylic acids is 2. The van der Waals surface area contributed by atoms with Gasteiger partial charge in [-0.2, -0.15) is 0 Å². The highest BCUT2D eigenvalue weighted by molar-refractivity contribution is 8.00. The van der Waals surface area contributed by atoms with Crippen LogP contribution >= 0.6 is 11.8 Å². The van der Waals surface area contributed by atoms with Crippen molar-refractivity contribution in [1.82, 2.24) is 0 Å². The van der Waals surface area contributed by atoms with Crippen LogP contribution in [0.2, 0.25) is 0 Å². The first-order valence-corrected chi connectivity index (χ1v) is 9.78. The van der Waals surface area contributed by atoms with E-state index in [0.717, 1.165) is 22.5 Å². The number of hydrogen-bond donors (Lipinski definition) is 1. The number of nitro benzene ring substituents is 1. The molecule has 0 unspecified atom stereocenters. The number of thioether (sulfide) groups is 1. The fourth-order valence-corrected chi connectivity index (χ4v) is 3.47. The molecule has 3 rings (SSSR count). The van der Waals surface area contributed by atoms with Gasteiger partial charge >= 0.3 is 5.97 Å². The number of amides is 1. The topological polar surface area (TPSA) is 98.5 Å². The van der Waals surface area contributed by atoms with Crippen molar-refractivity contribution < 1.29 is 19.2 Å². The number of fused-ring (bicyclic) bond motifs is 1. The number of benzene rings is 3. The summed E-state index contributed by atoms with van der Waals surface area (Å²) in [4.78, 5) is 35.2. The number of nitro groups is 1. The van der Waals surface area contributed by atoms with E-state index in [0.29, 0.717) is 10.6 Å². The van der Waals surface area contributed by atoms with Crippen molar-refractivity contribution in [3.63, 3.8) is 0 Å². The van der Waals surface area contributed by atoms with E-state index in [9.17, 15) is 19.7 Å². The van der Waals surface area contributed by atoms with Gasteiger partial charge in [-0.3, -0.25) is 19.7 Å². The molecule has 0 saturated heterocycles. The predicted molar refractivity (Wildman–Crippen MR) is 112 cm³/mol. The molecule has 0 aliphatic carbocycles. The van der Waals surface area contributed by atoms with Crippen LogP contribution in [0.4, 0.5) is 11.4 Å². The van der Waals surface area contributed by atoms with Gasteiger partial charge in [0.25, 0.3) is 11.6 Å². The van der Waals surface area contributed by atoms with Crippen LogP contribution in [-0.4, -0.2) is 28.7 Å². The van der Waals surface area contributed by atoms with Gasteiger partial charge in [0.2, 0.25) is 0 Å². The zero-order valence-corrected chi connectivity index (χ0v) is 16.3. The standard InChI is InChI=1S/C21H18N2O5S/c1-14(21(25)22-17-11-10-15-6-2-3-7-16(15)12-17)28-20(24)13-29-19-9-5-4-8-18(19)23(26)27/h2-12,14H,13H2,1H3,(H,22,25)/t14-/m0/s1. The van der Waals surface area contributed by atoms with Gasteiger partial charge in [-0.15, -0.1) is 11.8 Å². The largest absolute Gasteiger partial charge is 0.452 e. The van der Waals surface area contributed by atoms with Gasteiger partial charge in [-0.25, -0.2) is 0 Å². The lowest BCUT2D eigenvalue weighted by Gasteiger charge is -2.14. The van der Waals surface area contributed by atoms with E-state index in [1.807, 2.05) is 36.4 Å². The SMILES string of the molecule is C[C@H](OC(=O)CSc1ccccc1[N+](=O)[O-])C(=O)Nc1ccc2ccccc2c1. The van der Waals surface area contributed by atoms with Gasteiger partial charge in [-0.1, -0.05) is 42.5 Å². The van der Waals surface area contributed by atoms with Gasteiger partial charge < -0.3 is 10.1 Å². The van der Waals surface area contributed by atoms with Crippen molar-refractivity contribution in [3.8, 4) is 0 Å². The summed E-state index contributed by atoms with van der Waals surface area (Å²) in [5, 5.41) is 15.8. The highest BCUT2D eigenvalue weighted by Crippen LogP contribution is 2.28. The lowest BCUT2D eigenvalue weighted by molar-refractivity contribution is -0.387. The molecule has 0 spiro atoms. The molecule has 29 heavy (non-hydrogen) atoms. The zero-order chi connectivity index (χ0) is 20.8. The molecule has 0 heterocycles. The molecule has 0 saturated carbocycles. The van der Waals surface area contributed by atoms with Crippen molar-refractivity contribution in [3.05, 3.63) is 76.8 Å². The molecule has 0 bridgehead atoms. The summed E-state index contributed by atoms with van der Waals surface area (Å²) in [6, 6.07) is 19.4. The van der Waals surface area contributed by atoms with E-state index < -0.39 is 22.9 Å². The maximum absolute atomic E-state index is 12.3. The average molecular weight is 410 g/mol. The van der Waals surface area contributed by atoms with Crippen LogP contribution in [0.3, 0.4) is 0 Å². The summed E-state index contributed by atoms with van der Waals surface area (Å²) in [5.74, 6) is -1.23. The molecule has 8 heteroatoms. The third-order valence-corrected chi connectivity index (χ3v) is 5.14. The Morgan fingerprint density at radius 1 is 1.07 bits per heavy atom. The molecule has 7 nitrogen and oxygen atoms in total. The van der Waals surface area contributed by atoms with Crippen LogP contribution in [0, 0.1) is 10.1 Å². The van der Waals surface area contributed by atoms with Crippen LogP contribution in [0.15, 0.2) is 71.6 Å². The highest BCUT2D eigenvalue weighted by Gasteiger charge is 2.20. The second-order valence-electron chi connectivity index (χ2n) is 6.20. The summed E-state index contributed by atoms with van der Waals surface area (Å²) in [6.45, 7) is 1.48. The van der Waals surface area contributed by atoms with E-state index in [-0.39, 0.29) is 11.4 Å². The van der Waals surface area contributed by atoms with Gasteiger partial charge in [0.1, 0.15) is 0 Å². The number of carbonyl (C=O) groups is 2. The van der Waals surface area contributed by atoms with Crippen LogP contribution < -0.4 is 5.32 Å². The summed E-state index contributed by atoms with van der Waals surface area (Å²) >= 11 is 0.995. The van der Waals surface area contributed by atoms with Gasteiger partial charge in [0, 0.05) is 11.8 Å². The first-order valence-electron chi connectivity index (χ1n) is 8.79. The number of anilines is 1. The normalized spacial score (nSPS) is 11.6. The van der Waals surface area contributed by atoms with Crippen molar-refractivity contribution in [2.24, 2.45) is 0 Å². The molecule has 1 amide bonds. The molecule has 0 aromatic heterocycles. The van der Waals surface area contributed by atoms with Crippen molar-refractivity contribution >= 4 is 45.8 Å². The quantitative estimate of drug-likeness (QED) is 0.268. The lowest BCUT2D eigenvalue weighted by Crippen LogP contribution is -2.30. The van der Waals surface area contributed by atoms with E-state index in [1.54, 1.807) is 24.3 Å². The Labute approximate surface area is 171 Å². The minimum Gasteiger partial charge on any atom is -0.452 e. The minimum absolute atomic E-state index is 0.0765. The van der Waals surface area contributed by atoms with E-state index >= 15 is 0 Å². The van der Waals surface area contributed by atoms with Crippen LogP contribution in [0.25, 0.3) is 10.8 Å². The zero-order valence-electron chi connectivity index (χ0n) is 15.5. The summed E-state index contributed by atoms with van der Waals surface area (Å²) < 4.78 is 5.15. The maximum atomic E-state index is 12.3. The van der Waals surface area contributed by atoms with Crippen molar-refractivity contribution in [2.75, 3.05) is 11.1 Å². The average Bonchev–Trinajstić information content (AvgIpc) is 2.72. The second-order valence-corrected chi connectivity index (χ2v) is 7.21. The minimum atomic E-state index is -1.000. The lowest BCUT2D eigenvalue weighted by atomic mass is 10.1. The van der Waals surface area contributed by atoms with Crippen molar-refractivity contribution in [1.29, 1.82) is 0 Å². The molecule has 3 aromatic rings.